The molecular weight excluding hydrogens is 112 g/mol. The molecule has 1 aromatic heterocycles. The zero-order chi connectivity index (χ0) is 6.10. The van der Waals surface area contributed by atoms with Crippen LogP contribution < -0.4 is 0 Å². The average molecular weight is 117 g/mol. The first kappa shape index (κ1) is 4.56. The van der Waals surface area contributed by atoms with Gasteiger partial charge >= 0.3 is 0 Å². The number of rotatable bonds is 0. The predicted molar refractivity (Wildman–Crippen MR) is 34.9 cm³/mol. The van der Waals surface area contributed by atoms with Gasteiger partial charge in [0.05, 0.1) is 5.52 Å². The molecule has 1 heterocycles. The molecule has 0 unspecified atom stereocenters. The SMILES string of the molecule is [c]1n[nH]c2ccccc12. The van der Waals surface area contributed by atoms with Crippen LogP contribution in [0.25, 0.3) is 10.9 Å². The van der Waals surface area contributed by atoms with E-state index in [1.165, 1.54) is 0 Å². The molecule has 0 fully saturated rings. The van der Waals surface area contributed by atoms with E-state index in [0.29, 0.717) is 0 Å². The number of para-hydroxylation sites is 1. The van der Waals surface area contributed by atoms with E-state index in [2.05, 4.69) is 16.4 Å². The second-order valence-corrected chi connectivity index (χ2v) is 1.88. The molecule has 1 aromatic carbocycles. The van der Waals surface area contributed by atoms with Crippen molar-refractivity contribution < 1.29 is 0 Å². The molecule has 0 aliphatic rings. The first-order chi connectivity index (χ1) is 4.47. The van der Waals surface area contributed by atoms with Crippen molar-refractivity contribution in [2.45, 2.75) is 0 Å². The Hall–Kier alpha value is -1.31. The highest BCUT2D eigenvalue weighted by molar-refractivity contribution is 5.76. The Morgan fingerprint density at radius 1 is 1.33 bits per heavy atom. The lowest BCUT2D eigenvalue weighted by molar-refractivity contribution is 1.11. The van der Waals surface area contributed by atoms with E-state index in [0.717, 1.165) is 10.9 Å². The summed E-state index contributed by atoms with van der Waals surface area (Å²) in [5.41, 5.74) is 1.04. The minimum Gasteiger partial charge on any atom is -0.277 e. The molecule has 0 atom stereocenters. The summed E-state index contributed by atoms with van der Waals surface area (Å²) in [6, 6.07) is 7.88. The fourth-order valence-electron chi connectivity index (χ4n) is 0.827. The van der Waals surface area contributed by atoms with Gasteiger partial charge in [-0.1, -0.05) is 18.2 Å². The molecule has 0 bridgehead atoms. The zero-order valence-electron chi connectivity index (χ0n) is 4.76. The summed E-state index contributed by atoms with van der Waals surface area (Å²) in [4.78, 5) is 0. The molecule has 2 nitrogen and oxygen atoms in total. The van der Waals surface area contributed by atoms with Gasteiger partial charge in [-0.15, -0.1) is 0 Å². The Morgan fingerprint density at radius 2 is 2.22 bits per heavy atom. The molecule has 2 rings (SSSR count). The maximum absolute atomic E-state index is 3.75. The largest absolute Gasteiger partial charge is 0.277 e. The highest BCUT2D eigenvalue weighted by atomic mass is 15.1. The van der Waals surface area contributed by atoms with Gasteiger partial charge in [-0.2, -0.15) is 5.10 Å². The summed E-state index contributed by atoms with van der Waals surface area (Å²) in [6.45, 7) is 0. The molecule has 2 heteroatoms. The van der Waals surface area contributed by atoms with Gasteiger partial charge in [0.25, 0.3) is 0 Å². The van der Waals surface area contributed by atoms with E-state index in [1.54, 1.807) is 0 Å². The van der Waals surface area contributed by atoms with Crippen LogP contribution in [0.2, 0.25) is 0 Å². The van der Waals surface area contributed by atoms with Crippen LogP contribution in [0.3, 0.4) is 0 Å². The molecule has 43 valence electrons. The summed E-state index contributed by atoms with van der Waals surface area (Å²) in [5.74, 6) is 0. The van der Waals surface area contributed by atoms with Crippen molar-refractivity contribution in [3.05, 3.63) is 30.5 Å². The monoisotopic (exact) mass is 117 g/mol. The molecular formula is C7H5N2. The Labute approximate surface area is 52.5 Å². The van der Waals surface area contributed by atoms with Crippen LogP contribution in [0, 0.1) is 6.20 Å². The number of H-pyrrole nitrogens is 1. The van der Waals surface area contributed by atoms with Crippen LogP contribution in [0.5, 0.6) is 0 Å². The van der Waals surface area contributed by atoms with Crippen molar-refractivity contribution in [3.63, 3.8) is 0 Å². The minimum atomic E-state index is 1.04. The molecule has 9 heavy (non-hydrogen) atoms. The van der Waals surface area contributed by atoms with Gasteiger partial charge in [0, 0.05) is 5.39 Å². The van der Waals surface area contributed by atoms with Crippen LogP contribution in [0.15, 0.2) is 24.3 Å². The Kier molecular flexibility index (Phi) is 0.803. The number of nitrogens with one attached hydrogen (secondary N) is 1. The number of benzene rings is 1. The lowest BCUT2D eigenvalue weighted by atomic mass is 10.3. The number of hydrogen-bond acceptors (Lipinski definition) is 1. The van der Waals surface area contributed by atoms with E-state index < -0.39 is 0 Å². The molecule has 0 aliphatic carbocycles. The second kappa shape index (κ2) is 1.58. The smallest absolute Gasteiger partial charge is 0.121 e. The zero-order valence-corrected chi connectivity index (χ0v) is 4.76. The summed E-state index contributed by atoms with van der Waals surface area (Å²) >= 11 is 0. The van der Waals surface area contributed by atoms with E-state index >= 15 is 0 Å². The molecule has 1 radical (unpaired) electrons. The Bertz CT molecular complexity index is 281. The van der Waals surface area contributed by atoms with E-state index in [1.807, 2.05) is 24.3 Å². The first-order valence-electron chi connectivity index (χ1n) is 2.77. The van der Waals surface area contributed by atoms with E-state index in [9.17, 15) is 0 Å². The van der Waals surface area contributed by atoms with Crippen molar-refractivity contribution >= 4 is 10.9 Å². The van der Waals surface area contributed by atoms with Gasteiger partial charge in [0.1, 0.15) is 6.20 Å². The van der Waals surface area contributed by atoms with Gasteiger partial charge in [-0.3, -0.25) is 5.10 Å². The molecule has 0 spiro atoms. The normalized spacial score (nSPS) is 10.2. The van der Waals surface area contributed by atoms with E-state index in [-0.39, 0.29) is 0 Å². The van der Waals surface area contributed by atoms with Crippen LogP contribution in [-0.2, 0) is 0 Å². The van der Waals surface area contributed by atoms with Gasteiger partial charge in [0.15, 0.2) is 0 Å². The van der Waals surface area contributed by atoms with Gasteiger partial charge in [0.2, 0.25) is 0 Å². The molecule has 0 amide bonds. The summed E-state index contributed by atoms with van der Waals surface area (Å²) in [5, 5.41) is 7.60. The lowest BCUT2D eigenvalue weighted by Crippen LogP contribution is -1.63. The van der Waals surface area contributed by atoms with Crippen molar-refractivity contribution in [1.82, 2.24) is 10.2 Å². The summed E-state index contributed by atoms with van der Waals surface area (Å²) in [6.07, 6.45) is 2.81. The predicted octanol–water partition coefficient (Wildman–Crippen LogP) is 1.36. The number of hydrogen-bond donors (Lipinski definition) is 1. The fourth-order valence-corrected chi connectivity index (χ4v) is 0.827. The topological polar surface area (TPSA) is 28.7 Å². The number of aromatic nitrogens is 2. The lowest BCUT2D eigenvalue weighted by Gasteiger charge is -1.80. The van der Waals surface area contributed by atoms with Crippen LogP contribution >= 0.6 is 0 Å². The standard InChI is InChI=1S/C7H5N2/c1-2-4-7-6(3-1)5-8-9-7/h1-4H,(H,8,9). The van der Waals surface area contributed by atoms with Crippen molar-refractivity contribution in [2.24, 2.45) is 0 Å². The quantitative estimate of drug-likeness (QED) is 0.554. The fraction of sp³-hybridized carbons (Fsp3) is 0. The van der Waals surface area contributed by atoms with Crippen LogP contribution in [0.1, 0.15) is 0 Å². The summed E-state index contributed by atoms with van der Waals surface area (Å²) < 4.78 is 0. The molecule has 0 aliphatic heterocycles. The summed E-state index contributed by atoms with van der Waals surface area (Å²) in [7, 11) is 0. The van der Waals surface area contributed by atoms with Gasteiger partial charge in [-0.25, -0.2) is 0 Å². The number of aromatic amines is 1. The number of nitrogens with zero attached hydrogens (tertiary/aromatic N) is 1. The van der Waals surface area contributed by atoms with Crippen molar-refractivity contribution in [2.75, 3.05) is 0 Å². The molecule has 2 aromatic rings. The average Bonchev–Trinajstić information content (AvgIpc) is 2.33. The van der Waals surface area contributed by atoms with Crippen molar-refractivity contribution in [3.8, 4) is 0 Å². The van der Waals surface area contributed by atoms with Crippen LogP contribution in [0.4, 0.5) is 0 Å². The Morgan fingerprint density at radius 3 is 3.11 bits per heavy atom. The number of fused-ring (bicyclic) bond motifs is 1. The third-order valence-corrected chi connectivity index (χ3v) is 1.28. The van der Waals surface area contributed by atoms with Gasteiger partial charge in [-0.05, 0) is 6.07 Å². The third-order valence-electron chi connectivity index (χ3n) is 1.28. The first-order valence-corrected chi connectivity index (χ1v) is 2.77. The van der Waals surface area contributed by atoms with Crippen LogP contribution in [-0.4, -0.2) is 10.2 Å². The second-order valence-electron chi connectivity index (χ2n) is 1.88. The Balaban J connectivity index is 2.95. The maximum atomic E-state index is 3.75. The maximum Gasteiger partial charge on any atom is 0.121 e. The van der Waals surface area contributed by atoms with E-state index in [4.69, 9.17) is 0 Å². The van der Waals surface area contributed by atoms with Gasteiger partial charge < -0.3 is 0 Å². The molecule has 1 N–H and O–H groups in total. The molecule has 0 saturated carbocycles. The van der Waals surface area contributed by atoms with Crippen molar-refractivity contribution in [1.29, 1.82) is 0 Å². The third kappa shape index (κ3) is 0.598. The molecule has 0 saturated heterocycles. The minimum absolute atomic E-state index is 1.04. The highest BCUT2D eigenvalue weighted by Gasteiger charge is 1.89. The highest BCUT2D eigenvalue weighted by Crippen LogP contribution is 2.06.